The molecule has 2 N–H and O–H groups in total. The highest BCUT2D eigenvalue weighted by Gasteiger charge is 2.24. The summed E-state index contributed by atoms with van der Waals surface area (Å²) in [5.41, 5.74) is 6.33. The van der Waals surface area contributed by atoms with Crippen LogP contribution in [0.4, 0.5) is 11.4 Å². The first-order valence-electron chi connectivity index (χ1n) is 28.1. The van der Waals surface area contributed by atoms with E-state index in [1.807, 2.05) is 35.2 Å². The summed E-state index contributed by atoms with van der Waals surface area (Å²) in [7, 11) is 3.41. The lowest BCUT2D eigenvalue weighted by molar-refractivity contribution is -0.132. The van der Waals surface area contributed by atoms with Crippen LogP contribution in [0.2, 0.25) is 0 Å². The average Bonchev–Trinajstić information content (AvgIpc) is 3.82. The molecule has 1 aliphatic heterocycles. The number of hydrogen-bond acceptors (Lipinski definition) is 15. The summed E-state index contributed by atoms with van der Waals surface area (Å²) >= 11 is 0. The number of likely N-dealkylation sites (N-methyl/N-ethyl adjacent to an activating group) is 1. The van der Waals surface area contributed by atoms with E-state index in [4.69, 9.17) is 42.9 Å². The highest BCUT2D eigenvalue weighted by molar-refractivity contribution is 6.08. The zero-order chi connectivity index (χ0) is 55.9. The van der Waals surface area contributed by atoms with E-state index in [1.54, 1.807) is 61.7 Å². The summed E-state index contributed by atoms with van der Waals surface area (Å²) in [6.07, 6.45) is 5.63. The standard InChI is InChI=1S/C60H85N7O12/c1-5-66(6-2)51-18-19-55(53(46-51)56-45-49(20-22-61-56)59(70)62-54-17-10-13-47-12-7-8-16-52(47)54)63-58(69)48-14-9-15-50(44-48)60(71)64(3)25-26-65-23-11-24-67(28-27-65)57(68)21-29-73-32-33-75-36-37-77-40-41-79-43-42-78-39-38-76-35-34-74-31-30-72-4/h7-9,12,14-16,18-20,22,44-46,54H,5-6,10-11,13,17,21,23-43H2,1-4H3,(H,62,70)(H,63,69). The topological polar surface area (TPSA) is 192 Å². The molecule has 6 rings (SSSR count). The van der Waals surface area contributed by atoms with Gasteiger partial charge in [0.15, 0.2) is 0 Å². The third-order valence-electron chi connectivity index (χ3n) is 13.9. The number of anilines is 2. The molecule has 0 saturated carbocycles. The summed E-state index contributed by atoms with van der Waals surface area (Å²) in [6.45, 7) is 16.8. The van der Waals surface area contributed by atoms with Gasteiger partial charge >= 0.3 is 0 Å². The molecule has 2 aliphatic rings. The Morgan fingerprint density at radius 1 is 0.633 bits per heavy atom. The summed E-state index contributed by atoms with van der Waals surface area (Å²) in [6, 6.07) is 24.3. The SMILES string of the molecule is CCN(CC)c1ccc(NC(=O)c2cccc(C(=O)N(C)CCN3CCCN(C(=O)CCOCCOCCOCCOCCOCCOCCOCCOC)CC3)c2)c(-c2cc(C(=O)NC3CCCc4ccccc43)ccn2)c1. The fraction of sp³-hybridized carbons (Fsp3) is 0.550. The van der Waals surface area contributed by atoms with Gasteiger partial charge in [0.25, 0.3) is 17.7 Å². The van der Waals surface area contributed by atoms with Crippen molar-refractivity contribution in [3.8, 4) is 11.3 Å². The largest absolute Gasteiger partial charge is 0.382 e. The lowest BCUT2D eigenvalue weighted by atomic mass is 9.87. The smallest absolute Gasteiger partial charge is 0.255 e. The first kappa shape index (κ1) is 62.3. The van der Waals surface area contributed by atoms with Crippen molar-refractivity contribution in [1.82, 2.24) is 25.0 Å². The molecule has 19 heteroatoms. The van der Waals surface area contributed by atoms with Gasteiger partial charge in [0.05, 0.1) is 123 Å². The molecule has 4 amide bonds. The molecule has 1 unspecified atom stereocenters. The number of methoxy groups -OCH3 is 1. The summed E-state index contributed by atoms with van der Waals surface area (Å²) in [4.78, 5) is 67.4. The molecule has 0 radical (unpaired) electrons. The second kappa shape index (κ2) is 35.7. The molecule has 4 aromatic rings. The van der Waals surface area contributed by atoms with Crippen molar-refractivity contribution in [1.29, 1.82) is 0 Å². The fourth-order valence-corrected chi connectivity index (χ4v) is 9.43. The third-order valence-corrected chi connectivity index (χ3v) is 13.9. The van der Waals surface area contributed by atoms with Crippen molar-refractivity contribution in [2.75, 3.05) is 176 Å². The molecule has 1 saturated heterocycles. The van der Waals surface area contributed by atoms with Gasteiger partial charge in [0, 0.05) is 94.1 Å². The number of fused-ring (bicyclic) bond motifs is 1. The van der Waals surface area contributed by atoms with Crippen molar-refractivity contribution in [2.45, 2.75) is 52.0 Å². The lowest BCUT2D eigenvalue weighted by Crippen LogP contribution is -2.39. The van der Waals surface area contributed by atoms with E-state index < -0.39 is 0 Å². The Morgan fingerprint density at radius 2 is 1.25 bits per heavy atom. The van der Waals surface area contributed by atoms with Crippen LogP contribution in [0.3, 0.4) is 0 Å². The van der Waals surface area contributed by atoms with Crippen molar-refractivity contribution in [3.63, 3.8) is 0 Å². The number of pyridine rings is 1. The second-order valence-corrected chi connectivity index (χ2v) is 19.3. The Hall–Kier alpha value is -5.87. The Morgan fingerprint density at radius 3 is 1.91 bits per heavy atom. The maximum atomic E-state index is 14.0. The number of aryl methyl sites for hydroxylation is 1. The first-order chi connectivity index (χ1) is 38.7. The van der Waals surface area contributed by atoms with Crippen LogP contribution in [0.1, 0.15) is 87.8 Å². The average molecular weight is 1100 g/mol. The molecule has 0 spiro atoms. The Bertz CT molecular complexity index is 2460. The Kier molecular flexibility index (Phi) is 28.2. The fourth-order valence-electron chi connectivity index (χ4n) is 9.43. The van der Waals surface area contributed by atoms with Gasteiger partial charge in [-0.3, -0.25) is 29.1 Å². The zero-order valence-corrected chi connectivity index (χ0v) is 47.1. The summed E-state index contributed by atoms with van der Waals surface area (Å²) < 4.78 is 43.5. The zero-order valence-electron chi connectivity index (χ0n) is 47.1. The second-order valence-electron chi connectivity index (χ2n) is 19.3. The van der Waals surface area contributed by atoms with Crippen molar-refractivity contribution < 1.29 is 57.1 Å². The summed E-state index contributed by atoms with van der Waals surface area (Å²) in [5.74, 6) is -0.704. The predicted molar refractivity (Wildman–Crippen MR) is 304 cm³/mol. The minimum absolute atomic E-state index is 0.0608. The molecular weight excluding hydrogens is 1010 g/mol. The Balaban J connectivity index is 0.868. The highest BCUT2D eigenvalue weighted by Crippen LogP contribution is 2.33. The normalized spacial score (nSPS) is 14.6. The third kappa shape index (κ3) is 21.3. The van der Waals surface area contributed by atoms with Gasteiger partial charge < -0.3 is 63.2 Å². The molecule has 2 heterocycles. The molecule has 1 atom stereocenters. The molecule has 19 nitrogen and oxygen atoms in total. The molecular formula is C60H85N7O12. The minimum Gasteiger partial charge on any atom is -0.382 e. The van der Waals surface area contributed by atoms with Crippen LogP contribution >= 0.6 is 0 Å². The molecule has 432 valence electrons. The van der Waals surface area contributed by atoms with Crippen LogP contribution in [0.5, 0.6) is 0 Å². The van der Waals surface area contributed by atoms with Crippen molar-refractivity contribution in [2.24, 2.45) is 0 Å². The van der Waals surface area contributed by atoms with Crippen molar-refractivity contribution >= 4 is 35.0 Å². The van der Waals surface area contributed by atoms with Crippen molar-refractivity contribution in [3.05, 3.63) is 113 Å². The number of ether oxygens (including phenoxy) is 8. The summed E-state index contributed by atoms with van der Waals surface area (Å²) in [5, 5.41) is 6.35. The number of nitrogens with one attached hydrogen (secondary N) is 2. The van der Waals surface area contributed by atoms with Crippen LogP contribution in [0.15, 0.2) is 85.1 Å². The van der Waals surface area contributed by atoms with Gasteiger partial charge in [0.2, 0.25) is 5.91 Å². The molecule has 79 heavy (non-hydrogen) atoms. The van der Waals surface area contributed by atoms with Gasteiger partial charge in [-0.2, -0.15) is 0 Å². The van der Waals surface area contributed by atoms with E-state index in [0.29, 0.717) is 172 Å². The quantitative estimate of drug-likeness (QED) is 0.0475. The van der Waals surface area contributed by atoms with E-state index >= 15 is 0 Å². The molecule has 1 fully saturated rings. The van der Waals surface area contributed by atoms with Gasteiger partial charge in [-0.1, -0.05) is 30.3 Å². The van der Waals surface area contributed by atoms with Gasteiger partial charge in [-0.05, 0) is 106 Å². The number of nitrogens with zero attached hydrogens (tertiary/aromatic N) is 5. The van der Waals surface area contributed by atoms with Crippen LogP contribution in [0.25, 0.3) is 11.3 Å². The predicted octanol–water partition coefficient (Wildman–Crippen LogP) is 6.41. The number of hydrogen-bond donors (Lipinski definition) is 2. The maximum absolute atomic E-state index is 14.0. The highest BCUT2D eigenvalue weighted by atomic mass is 16.6. The number of benzene rings is 3. The number of amides is 4. The maximum Gasteiger partial charge on any atom is 0.255 e. The Labute approximate surface area is 467 Å². The lowest BCUT2D eigenvalue weighted by Gasteiger charge is -2.26. The molecule has 3 aromatic carbocycles. The van der Waals surface area contributed by atoms with Crippen LogP contribution in [-0.4, -0.2) is 209 Å². The minimum atomic E-state index is -0.382. The number of carbonyl (C=O) groups is 4. The molecule has 1 aliphatic carbocycles. The molecule has 1 aromatic heterocycles. The van der Waals surface area contributed by atoms with E-state index in [9.17, 15) is 19.2 Å². The first-order valence-corrected chi connectivity index (χ1v) is 28.1. The van der Waals surface area contributed by atoms with Gasteiger partial charge in [-0.25, -0.2) is 0 Å². The molecule has 0 bridgehead atoms. The monoisotopic (exact) mass is 1100 g/mol. The van der Waals surface area contributed by atoms with E-state index in [-0.39, 0.29) is 29.7 Å². The van der Waals surface area contributed by atoms with Crippen LogP contribution in [0, 0.1) is 0 Å². The van der Waals surface area contributed by atoms with E-state index in [1.165, 1.54) is 5.56 Å². The van der Waals surface area contributed by atoms with Gasteiger partial charge in [-0.15, -0.1) is 0 Å². The number of aromatic nitrogens is 1. The number of carbonyl (C=O) groups excluding carboxylic acids is 4. The van der Waals surface area contributed by atoms with Gasteiger partial charge in [0.1, 0.15) is 0 Å². The van der Waals surface area contributed by atoms with Crippen LogP contribution < -0.4 is 15.5 Å². The van der Waals surface area contributed by atoms with E-state index in [0.717, 1.165) is 56.6 Å². The van der Waals surface area contributed by atoms with E-state index in [2.05, 4.69) is 46.4 Å². The van der Waals surface area contributed by atoms with Crippen LogP contribution in [-0.2, 0) is 49.1 Å². The number of rotatable bonds is 36.